The zero-order valence-electron chi connectivity index (χ0n) is 13.6. The van der Waals surface area contributed by atoms with E-state index in [0.29, 0.717) is 0 Å². The molecule has 4 heteroatoms. The van der Waals surface area contributed by atoms with Gasteiger partial charge >= 0.3 is 0 Å². The van der Waals surface area contributed by atoms with Gasteiger partial charge in [-0.05, 0) is 31.6 Å². The molecule has 0 aromatic carbocycles. The molecule has 4 nitrogen and oxygen atoms in total. The van der Waals surface area contributed by atoms with E-state index in [0.717, 1.165) is 44.7 Å². The Morgan fingerprint density at radius 3 is 2.10 bits per heavy atom. The zero-order valence-corrected chi connectivity index (χ0v) is 13.6. The molecule has 0 atom stereocenters. The molecule has 120 valence electrons. The second-order valence-corrected chi connectivity index (χ2v) is 6.86. The highest BCUT2D eigenvalue weighted by Gasteiger charge is 2.27. The van der Waals surface area contributed by atoms with Crippen molar-refractivity contribution < 1.29 is 9.59 Å². The molecule has 0 bridgehead atoms. The van der Waals surface area contributed by atoms with Crippen molar-refractivity contribution in [3.05, 3.63) is 0 Å². The van der Waals surface area contributed by atoms with Gasteiger partial charge in [-0.3, -0.25) is 9.59 Å². The molecule has 1 saturated carbocycles. The van der Waals surface area contributed by atoms with Crippen molar-refractivity contribution in [2.75, 3.05) is 19.6 Å². The SMILES string of the molecule is CC(=O)N(CC(=O)N1CCC(C)CC1)C1CCCCCC1. The number of carbonyl (C=O) groups is 2. The highest BCUT2D eigenvalue weighted by atomic mass is 16.2. The number of nitrogens with zero attached hydrogens (tertiary/aromatic N) is 2. The Labute approximate surface area is 128 Å². The van der Waals surface area contributed by atoms with Crippen molar-refractivity contribution in [1.29, 1.82) is 0 Å². The second-order valence-electron chi connectivity index (χ2n) is 6.86. The van der Waals surface area contributed by atoms with Crippen LogP contribution < -0.4 is 0 Å². The second kappa shape index (κ2) is 7.81. The number of carbonyl (C=O) groups excluding carboxylic acids is 2. The summed E-state index contributed by atoms with van der Waals surface area (Å²) in [5.74, 6) is 0.918. The molecule has 1 saturated heterocycles. The average Bonchev–Trinajstić information content (AvgIpc) is 2.73. The lowest BCUT2D eigenvalue weighted by Crippen LogP contribution is -2.48. The Bertz CT molecular complexity index is 354. The van der Waals surface area contributed by atoms with Crippen molar-refractivity contribution >= 4 is 11.8 Å². The first-order valence-corrected chi connectivity index (χ1v) is 8.63. The van der Waals surface area contributed by atoms with Gasteiger partial charge in [0.1, 0.15) is 0 Å². The summed E-state index contributed by atoms with van der Waals surface area (Å²) >= 11 is 0. The van der Waals surface area contributed by atoms with E-state index >= 15 is 0 Å². The van der Waals surface area contributed by atoms with Crippen LogP contribution in [0.2, 0.25) is 0 Å². The van der Waals surface area contributed by atoms with E-state index in [1.165, 1.54) is 25.7 Å². The minimum Gasteiger partial charge on any atom is -0.341 e. The van der Waals surface area contributed by atoms with E-state index in [4.69, 9.17) is 0 Å². The number of hydrogen-bond acceptors (Lipinski definition) is 2. The first-order chi connectivity index (χ1) is 10.1. The summed E-state index contributed by atoms with van der Waals surface area (Å²) in [6, 6.07) is 0.276. The van der Waals surface area contributed by atoms with Crippen molar-refractivity contribution in [2.24, 2.45) is 5.92 Å². The number of piperidine rings is 1. The molecule has 0 unspecified atom stereocenters. The van der Waals surface area contributed by atoms with Gasteiger partial charge in [-0.25, -0.2) is 0 Å². The van der Waals surface area contributed by atoms with Crippen LogP contribution in [0.5, 0.6) is 0 Å². The first kappa shape index (κ1) is 16.3. The Morgan fingerprint density at radius 2 is 1.57 bits per heavy atom. The molecule has 2 fully saturated rings. The van der Waals surface area contributed by atoms with Gasteiger partial charge in [-0.2, -0.15) is 0 Å². The lowest BCUT2D eigenvalue weighted by molar-refractivity contribution is -0.142. The zero-order chi connectivity index (χ0) is 15.2. The first-order valence-electron chi connectivity index (χ1n) is 8.63. The van der Waals surface area contributed by atoms with E-state index in [1.807, 2.05) is 9.80 Å². The molecule has 0 aromatic rings. The molecule has 0 N–H and O–H groups in total. The van der Waals surface area contributed by atoms with E-state index in [-0.39, 0.29) is 24.4 Å². The predicted octanol–water partition coefficient (Wildman–Crippen LogP) is 2.82. The van der Waals surface area contributed by atoms with Crippen LogP contribution in [0.3, 0.4) is 0 Å². The van der Waals surface area contributed by atoms with Gasteiger partial charge in [0, 0.05) is 26.1 Å². The Balaban J connectivity index is 1.92. The highest BCUT2D eigenvalue weighted by Crippen LogP contribution is 2.23. The number of rotatable bonds is 3. The molecule has 2 amide bonds. The van der Waals surface area contributed by atoms with Crippen LogP contribution in [0.25, 0.3) is 0 Å². The van der Waals surface area contributed by atoms with Crippen molar-refractivity contribution in [3.63, 3.8) is 0 Å². The summed E-state index contributed by atoms with van der Waals surface area (Å²) in [7, 11) is 0. The van der Waals surface area contributed by atoms with Crippen molar-refractivity contribution in [3.8, 4) is 0 Å². The summed E-state index contributed by atoms with van der Waals surface area (Å²) in [5, 5.41) is 0. The van der Waals surface area contributed by atoms with Gasteiger partial charge in [0.15, 0.2) is 0 Å². The fourth-order valence-corrected chi connectivity index (χ4v) is 3.57. The van der Waals surface area contributed by atoms with Gasteiger partial charge < -0.3 is 9.80 Å². The number of hydrogen-bond donors (Lipinski definition) is 0. The van der Waals surface area contributed by atoms with Gasteiger partial charge in [0.25, 0.3) is 0 Å². The fourth-order valence-electron chi connectivity index (χ4n) is 3.57. The summed E-state index contributed by atoms with van der Waals surface area (Å²) in [6.07, 6.45) is 9.20. The van der Waals surface area contributed by atoms with Gasteiger partial charge in [-0.15, -0.1) is 0 Å². The minimum atomic E-state index is 0.0561. The van der Waals surface area contributed by atoms with Crippen molar-refractivity contribution in [2.45, 2.75) is 71.3 Å². The van der Waals surface area contributed by atoms with Crippen LogP contribution in [0.15, 0.2) is 0 Å². The third-order valence-corrected chi connectivity index (χ3v) is 5.11. The molecule has 1 aliphatic carbocycles. The molecule has 0 radical (unpaired) electrons. The topological polar surface area (TPSA) is 40.6 Å². The van der Waals surface area contributed by atoms with Crippen LogP contribution in [-0.2, 0) is 9.59 Å². The maximum Gasteiger partial charge on any atom is 0.242 e. The molecule has 21 heavy (non-hydrogen) atoms. The van der Waals surface area contributed by atoms with Crippen LogP contribution in [-0.4, -0.2) is 47.3 Å². The molecule has 2 aliphatic rings. The molecular weight excluding hydrogens is 264 g/mol. The molecule has 0 aromatic heterocycles. The largest absolute Gasteiger partial charge is 0.341 e. The third-order valence-electron chi connectivity index (χ3n) is 5.11. The van der Waals surface area contributed by atoms with E-state index in [1.54, 1.807) is 6.92 Å². The van der Waals surface area contributed by atoms with E-state index in [9.17, 15) is 9.59 Å². The quantitative estimate of drug-likeness (QED) is 0.751. The lowest BCUT2D eigenvalue weighted by atomic mass is 9.99. The minimum absolute atomic E-state index is 0.0561. The average molecular weight is 294 g/mol. The maximum absolute atomic E-state index is 12.5. The summed E-state index contributed by atoms with van der Waals surface area (Å²) in [5.41, 5.74) is 0. The Hall–Kier alpha value is -1.06. The summed E-state index contributed by atoms with van der Waals surface area (Å²) < 4.78 is 0. The third kappa shape index (κ3) is 4.72. The molecule has 0 spiro atoms. The smallest absolute Gasteiger partial charge is 0.242 e. The van der Waals surface area contributed by atoms with Gasteiger partial charge in [-0.1, -0.05) is 32.6 Å². The molecular formula is C17H30N2O2. The summed E-state index contributed by atoms with van der Waals surface area (Å²) in [6.45, 7) is 5.85. The Kier molecular flexibility index (Phi) is 6.07. The predicted molar refractivity (Wildman–Crippen MR) is 83.9 cm³/mol. The highest BCUT2D eigenvalue weighted by molar-refractivity contribution is 5.84. The monoisotopic (exact) mass is 294 g/mol. The molecule has 1 aliphatic heterocycles. The number of amides is 2. The van der Waals surface area contributed by atoms with Crippen LogP contribution in [0.1, 0.15) is 65.2 Å². The lowest BCUT2D eigenvalue weighted by Gasteiger charge is -2.35. The van der Waals surface area contributed by atoms with E-state index < -0.39 is 0 Å². The van der Waals surface area contributed by atoms with Crippen LogP contribution in [0.4, 0.5) is 0 Å². The van der Waals surface area contributed by atoms with Gasteiger partial charge in [0.2, 0.25) is 11.8 Å². The Morgan fingerprint density at radius 1 is 1.00 bits per heavy atom. The fraction of sp³-hybridized carbons (Fsp3) is 0.882. The van der Waals surface area contributed by atoms with Crippen molar-refractivity contribution in [1.82, 2.24) is 9.80 Å². The summed E-state index contributed by atoms with van der Waals surface area (Å²) in [4.78, 5) is 28.3. The maximum atomic E-state index is 12.5. The van der Waals surface area contributed by atoms with Crippen LogP contribution >= 0.6 is 0 Å². The van der Waals surface area contributed by atoms with Gasteiger partial charge in [0.05, 0.1) is 6.54 Å². The van der Waals surface area contributed by atoms with E-state index in [2.05, 4.69) is 6.92 Å². The van der Waals surface area contributed by atoms with Crippen LogP contribution in [0, 0.1) is 5.92 Å². The molecule has 2 rings (SSSR count). The normalized spacial score (nSPS) is 21.9. The number of likely N-dealkylation sites (tertiary alicyclic amines) is 1. The molecule has 1 heterocycles. The standard InChI is InChI=1S/C17H30N2O2/c1-14-9-11-18(12-10-14)17(21)13-19(15(2)20)16-7-5-3-4-6-8-16/h14,16H,3-13H2,1-2H3.